The first-order chi connectivity index (χ1) is 21.7. The van der Waals surface area contributed by atoms with E-state index in [1.807, 2.05) is 79.7 Å². The zero-order chi connectivity index (χ0) is 31.9. The zero-order valence-electron chi connectivity index (χ0n) is 26.0. The molecule has 3 saturated heterocycles. The van der Waals surface area contributed by atoms with E-state index in [1.165, 1.54) is 0 Å². The van der Waals surface area contributed by atoms with Crippen LogP contribution in [0.4, 0.5) is 5.69 Å². The van der Waals surface area contributed by atoms with Gasteiger partial charge < -0.3 is 24.5 Å². The zero-order valence-corrected chi connectivity index (χ0v) is 26.0. The topological polar surface area (TPSA) is 90.4 Å². The van der Waals surface area contributed by atoms with Crippen molar-refractivity contribution in [3.8, 4) is 0 Å². The average Bonchev–Trinajstić information content (AvgIpc) is 3.62. The predicted octanol–water partition coefficient (Wildman–Crippen LogP) is 4.37. The molecule has 0 aliphatic carbocycles. The Hall–Kier alpha value is -4.27. The van der Waals surface area contributed by atoms with Crippen LogP contribution >= 0.6 is 0 Å². The highest BCUT2D eigenvalue weighted by atomic mass is 16.5. The van der Waals surface area contributed by atoms with Gasteiger partial charge in [-0.25, -0.2) is 0 Å². The maximum absolute atomic E-state index is 15.1. The molecule has 3 fully saturated rings. The van der Waals surface area contributed by atoms with Crippen LogP contribution in [0.15, 0.2) is 98.1 Å². The molecule has 2 bridgehead atoms. The second kappa shape index (κ2) is 11.9. The fourth-order valence-electron chi connectivity index (χ4n) is 8.01. The van der Waals surface area contributed by atoms with Crippen LogP contribution in [0.1, 0.15) is 25.3 Å². The molecule has 3 heterocycles. The molecule has 3 aromatic carbocycles. The van der Waals surface area contributed by atoms with Crippen LogP contribution in [0, 0.1) is 11.8 Å². The normalized spacial score (nSPS) is 27.3. The third-order valence-electron chi connectivity index (χ3n) is 10.0. The van der Waals surface area contributed by atoms with Crippen molar-refractivity contribution in [3.63, 3.8) is 0 Å². The Balaban J connectivity index is 1.47. The Morgan fingerprint density at radius 1 is 1.00 bits per heavy atom. The number of benzene rings is 3. The van der Waals surface area contributed by atoms with Gasteiger partial charge in [0, 0.05) is 25.8 Å². The van der Waals surface area contributed by atoms with Gasteiger partial charge in [0.1, 0.15) is 11.6 Å². The highest BCUT2D eigenvalue weighted by Gasteiger charge is 2.78. The Morgan fingerprint density at radius 2 is 1.69 bits per heavy atom. The number of rotatable bonds is 11. The summed E-state index contributed by atoms with van der Waals surface area (Å²) in [5.74, 6) is -2.48. The van der Waals surface area contributed by atoms with E-state index >= 15 is 4.79 Å². The van der Waals surface area contributed by atoms with Crippen molar-refractivity contribution in [2.45, 2.75) is 49.5 Å². The number of anilines is 1. The maximum Gasteiger partial charge on any atom is 0.253 e. The molecule has 8 heteroatoms. The largest absolute Gasteiger partial charge is 0.394 e. The van der Waals surface area contributed by atoms with E-state index in [9.17, 15) is 14.7 Å². The molecule has 234 valence electrons. The predicted molar refractivity (Wildman–Crippen MR) is 174 cm³/mol. The lowest BCUT2D eigenvalue weighted by molar-refractivity contribution is -0.151. The van der Waals surface area contributed by atoms with Gasteiger partial charge in [-0.15, -0.1) is 13.2 Å². The molecular formula is C37H41N3O5. The van der Waals surface area contributed by atoms with Gasteiger partial charge in [0.2, 0.25) is 11.8 Å². The minimum Gasteiger partial charge on any atom is -0.394 e. The van der Waals surface area contributed by atoms with E-state index in [4.69, 9.17) is 4.74 Å². The highest BCUT2D eigenvalue weighted by molar-refractivity contribution is 6.06. The first-order valence-corrected chi connectivity index (χ1v) is 15.6. The lowest BCUT2D eigenvalue weighted by Gasteiger charge is -2.39. The summed E-state index contributed by atoms with van der Waals surface area (Å²) in [7, 11) is 1.70. The van der Waals surface area contributed by atoms with Crippen molar-refractivity contribution in [2.24, 2.45) is 11.8 Å². The number of amides is 3. The third kappa shape index (κ3) is 4.96. The van der Waals surface area contributed by atoms with Gasteiger partial charge in [-0.3, -0.25) is 14.4 Å². The summed E-state index contributed by atoms with van der Waals surface area (Å²) in [6, 6.07) is 21.6. The van der Waals surface area contributed by atoms with E-state index in [0.717, 1.165) is 16.3 Å². The number of hydrogen-bond acceptors (Lipinski definition) is 5. The molecule has 3 aliphatic heterocycles. The van der Waals surface area contributed by atoms with Crippen LogP contribution in [-0.4, -0.2) is 82.7 Å². The maximum atomic E-state index is 15.1. The van der Waals surface area contributed by atoms with Gasteiger partial charge in [-0.05, 0) is 54.7 Å². The van der Waals surface area contributed by atoms with Gasteiger partial charge in [0.25, 0.3) is 5.91 Å². The molecule has 6 atom stereocenters. The van der Waals surface area contributed by atoms with E-state index in [2.05, 4.69) is 13.2 Å². The smallest absolute Gasteiger partial charge is 0.253 e. The first kappa shape index (κ1) is 30.7. The molecule has 2 unspecified atom stereocenters. The van der Waals surface area contributed by atoms with Crippen LogP contribution in [0.3, 0.4) is 0 Å². The van der Waals surface area contributed by atoms with Crippen LogP contribution in [0.25, 0.3) is 10.8 Å². The molecule has 1 spiro atoms. The van der Waals surface area contributed by atoms with Crippen LogP contribution in [0.2, 0.25) is 0 Å². The molecule has 3 aromatic rings. The highest BCUT2D eigenvalue weighted by Crippen LogP contribution is 2.64. The number of carbonyl (C=O) groups excluding carboxylic acids is 3. The number of ether oxygens (including phenoxy) is 1. The number of nitrogens with zero attached hydrogens (tertiary/aromatic N) is 3. The SMILES string of the molecule is C=CCN(C)C(=O)[C@@H]1[C@H]2C(=O)N([C@@H](CO)Cc3ccccc3)C(C(=O)N(CC=C)c3ccc4ccccc4c3)C23CC[C@@]1(C)O3. The van der Waals surface area contributed by atoms with Crippen molar-refractivity contribution in [2.75, 3.05) is 31.6 Å². The molecule has 45 heavy (non-hydrogen) atoms. The Labute approximate surface area is 264 Å². The van der Waals surface area contributed by atoms with Gasteiger partial charge in [-0.2, -0.15) is 0 Å². The summed E-state index contributed by atoms with van der Waals surface area (Å²) in [4.78, 5) is 48.6. The average molecular weight is 608 g/mol. The van der Waals surface area contributed by atoms with Crippen molar-refractivity contribution in [1.82, 2.24) is 9.80 Å². The lowest BCUT2D eigenvalue weighted by Crippen LogP contribution is -2.59. The van der Waals surface area contributed by atoms with E-state index < -0.39 is 35.1 Å². The molecule has 3 aliphatic rings. The molecule has 6 rings (SSSR count). The molecule has 3 amide bonds. The second-order valence-electron chi connectivity index (χ2n) is 12.8. The second-order valence-corrected chi connectivity index (χ2v) is 12.8. The molecule has 0 aromatic heterocycles. The first-order valence-electron chi connectivity index (χ1n) is 15.6. The lowest BCUT2D eigenvalue weighted by atomic mass is 9.66. The fourth-order valence-corrected chi connectivity index (χ4v) is 8.01. The minimum absolute atomic E-state index is 0.202. The van der Waals surface area contributed by atoms with E-state index in [1.54, 1.807) is 33.9 Å². The molecule has 8 nitrogen and oxygen atoms in total. The number of fused-ring (bicyclic) bond motifs is 2. The number of carbonyl (C=O) groups is 3. The van der Waals surface area contributed by atoms with Crippen molar-refractivity contribution < 1.29 is 24.2 Å². The number of aliphatic hydroxyl groups is 1. The Bertz CT molecular complexity index is 1640. The number of aliphatic hydroxyl groups excluding tert-OH is 1. The van der Waals surface area contributed by atoms with Gasteiger partial charge in [-0.1, -0.05) is 72.8 Å². The summed E-state index contributed by atoms with van der Waals surface area (Å²) in [5.41, 5.74) is -0.527. The van der Waals surface area contributed by atoms with Crippen LogP contribution < -0.4 is 4.90 Å². The summed E-state index contributed by atoms with van der Waals surface area (Å²) in [6.45, 7) is 9.78. The Morgan fingerprint density at radius 3 is 2.38 bits per heavy atom. The van der Waals surface area contributed by atoms with Crippen molar-refractivity contribution in [3.05, 3.63) is 104 Å². The van der Waals surface area contributed by atoms with E-state index in [0.29, 0.717) is 31.5 Å². The summed E-state index contributed by atoms with van der Waals surface area (Å²) >= 11 is 0. The summed E-state index contributed by atoms with van der Waals surface area (Å²) in [5, 5.41) is 12.8. The standard InChI is InChI=1S/C37H41N3O5/c1-5-20-38(4)33(42)30-31-34(43)40(29(24-41)22-25-12-8-7-9-13-25)32(37(31)19-18-36(30,3)45-37)35(44)39(21-6-2)28-17-16-26-14-10-11-15-27(26)23-28/h5-17,23,29-32,41H,1-2,18-22,24H2,3-4H3/t29-,30+,31+,32?,36-,37?/m1/s1. The van der Waals surface area contributed by atoms with Gasteiger partial charge in [0.15, 0.2) is 0 Å². The third-order valence-corrected chi connectivity index (χ3v) is 10.0. The fraction of sp³-hybridized carbons (Fsp3) is 0.378. The monoisotopic (exact) mass is 607 g/mol. The van der Waals surface area contributed by atoms with Crippen molar-refractivity contribution >= 4 is 34.2 Å². The van der Waals surface area contributed by atoms with Gasteiger partial charge >= 0.3 is 0 Å². The quantitative estimate of drug-likeness (QED) is 0.327. The van der Waals surface area contributed by atoms with Crippen molar-refractivity contribution in [1.29, 1.82) is 0 Å². The molecular weight excluding hydrogens is 566 g/mol. The van der Waals surface area contributed by atoms with Crippen LogP contribution in [-0.2, 0) is 25.5 Å². The van der Waals surface area contributed by atoms with Gasteiger partial charge in [0.05, 0.1) is 30.1 Å². The molecule has 1 N–H and O–H groups in total. The summed E-state index contributed by atoms with van der Waals surface area (Å²) < 4.78 is 6.86. The van der Waals surface area contributed by atoms with Crippen LogP contribution in [0.5, 0.6) is 0 Å². The van der Waals surface area contributed by atoms with E-state index in [-0.39, 0.29) is 30.9 Å². The summed E-state index contributed by atoms with van der Waals surface area (Å²) in [6.07, 6.45) is 4.65. The number of hydrogen-bond donors (Lipinski definition) is 1. The Kier molecular flexibility index (Phi) is 8.14. The minimum atomic E-state index is -1.22. The molecule has 0 radical (unpaired) electrons. The number of likely N-dealkylation sites (N-methyl/N-ethyl adjacent to an activating group) is 1. The molecule has 0 saturated carbocycles. The number of likely N-dealkylation sites (tertiary alicyclic amines) is 1.